The summed E-state index contributed by atoms with van der Waals surface area (Å²) in [4.78, 5) is 14.8. The number of halogens is 1. The highest BCUT2D eigenvalue weighted by atomic mass is 79.9. The third-order valence-electron chi connectivity index (χ3n) is 2.15. The predicted molar refractivity (Wildman–Crippen MR) is 66.9 cm³/mol. The van der Waals surface area contributed by atoms with E-state index in [1.165, 1.54) is 0 Å². The number of nitrogens with zero attached hydrogens (tertiary/aromatic N) is 1. The molecule has 82 valence electrons. The van der Waals surface area contributed by atoms with Gasteiger partial charge in [0.05, 0.1) is 5.69 Å². The smallest absolute Gasteiger partial charge is 0.365 e. The number of carboxylic acid groups (broad SMARTS) is 1. The highest BCUT2D eigenvalue weighted by molar-refractivity contribution is 9.10. The summed E-state index contributed by atoms with van der Waals surface area (Å²) in [6.07, 6.45) is 0. The topological polar surface area (TPSA) is 50.2 Å². The Hall–Kier alpha value is -1.20. The summed E-state index contributed by atoms with van der Waals surface area (Å²) in [6, 6.07) is 5.83. The Balaban J connectivity index is 2.46. The van der Waals surface area contributed by atoms with Crippen LogP contribution in [0.25, 0.3) is 11.3 Å². The summed E-state index contributed by atoms with van der Waals surface area (Å²) in [6.45, 7) is 1.97. The van der Waals surface area contributed by atoms with Gasteiger partial charge in [0.15, 0.2) is 0 Å². The molecule has 0 aliphatic heterocycles. The molecule has 0 saturated carbocycles. The molecule has 0 radical (unpaired) electrons. The van der Waals surface area contributed by atoms with Gasteiger partial charge in [0.2, 0.25) is 5.01 Å². The zero-order valence-corrected chi connectivity index (χ0v) is 10.8. The van der Waals surface area contributed by atoms with Crippen LogP contribution in [-0.4, -0.2) is 16.1 Å². The van der Waals surface area contributed by atoms with E-state index >= 15 is 0 Å². The third kappa shape index (κ3) is 2.15. The maximum Gasteiger partial charge on any atom is 0.365 e. The Labute approximate surface area is 105 Å². The second kappa shape index (κ2) is 4.35. The van der Waals surface area contributed by atoms with Crippen LogP contribution >= 0.6 is 27.3 Å². The molecule has 0 saturated heterocycles. The van der Waals surface area contributed by atoms with Crippen molar-refractivity contribution >= 4 is 33.2 Å². The number of rotatable bonds is 2. The van der Waals surface area contributed by atoms with Gasteiger partial charge in [-0.05, 0) is 24.6 Å². The normalized spacial score (nSPS) is 10.4. The minimum Gasteiger partial charge on any atom is -0.476 e. The number of hydrogen-bond donors (Lipinski definition) is 1. The van der Waals surface area contributed by atoms with E-state index in [0.717, 1.165) is 26.9 Å². The monoisotopic (exact) mass is 297 g/mol. The molecule has 2 rings (SSSR count). The van der Waals surface area contributed by atoms with Crippen molar-refractivity contribution < 1.29 is 9.90 Å². The molecule has 1 aromatic carbocycles. The first kappa shape index (κ1) is 11.3. The van der Waals surface area contributed by atoms with Gasteiger partial charge in [-0.25, -0.2) is 9.78 Å². The van der Waals surface area contributed by atoms with E-state index in [9.17, 15) is 4.79 Å². The Bertz CT molecular complexity index is 551. The maximum atomic E-state index is 10.7. The number of benzene rings is 1. The predicted octanol–water partition coefficient (Wildman–Crippen LogP) is 3.58. The molecule has 0 bridgehead atoms. The lowest BCUT2D eigenvalue weighted by molar-refractivity contribution is 0.0696. The lowest BCUT2D eigenvalue weighted by Crippen LogP contribution is -1.94. The second-order valence-corrected chi connectivity index (χ2v) is 5.08. The summed E-state index contributed by atoms with van der Waals surface area (Å²) in [5.41, 5.74) is 2.75. The van der Waals surface area contributed by atoms with Crippen LogP contribution in [0.4, 0.5) is 0 Å². The number of aryl methyl sites for hydroxylation is 1. The first-order valence-electron chi connectivity index (χ1n) is 4.53. The Morgan fingerprint density at radius 3 is 2.81 bits per heavy atom. The van der Waals surface area contributed by atoms with Gasteiger partial charge in [-0.2, -0.15) is 0 Å². The van der Waals surface area contributed by atoms with Gasteiger partial charge < -0.3 is 5.11 Å². The van der Waals surface area contributed by atoms with Crippen molar-refractivity contribution in [1.29, 1.82) is 0 Å². The number of hydrogen-bond acceptors (Lipinski definition) is 3. The Morgan fingerprint density at radius 2 is 2.25 bits per heavy atom. The summed E-state index contributed by atoms with van der Waals surface area (Å²) in [7, 11) is 0. The van der Waals surface area contributed by atoms with Gasteiger partial charge in [-0.15, -0.1) is 11.3 Å². The van der Waals surface area contributed by atoms with Crippen LogP contribution in [0, 0.1) is 6.92 Å². The molecule has 16 heavy (non-hydrogen) atoms. The fourth-order valence-corrected chi connectivity index (χ4v) is 2.54. The van der Waals surface area contributed by atoms with Crippen LogP contribution in [0.3, 0.4) is 0 Å². The molecule has 0 aliphatic carbocycles. The van der Waals surface area contributed by atoms with Crippen LogP contribution in [0.15, 0.2) is 28.1 Å². The van der Waals surface area contributed by atoms with Crippen molar-refractivity contribution in [2.75, 3.05) is 0 Å². The van der Waals surface area contributed by atoms with Crippen molar-refractivity contribution in [3.05, 3.63) is 38.6 Å². The highest BCUT2D eigenvalue weighted by Crippen LogP contribution is 2.27. The van der Waals surface area contributed by atoms with E-state index in [0.29, 0.717) is 5.69 Å². The standard InChI is InChI=1S/C11H8BrNO2S/c1-6-4-7(12)2-3-8(6)9-5-16-10(13-9)11(14)15/h2-5H,1H3,(H,14,15). The summed E-state index contributed by atoms with van der Waals surface area (Å²) < 4.78 is 1.00. The van der Waals surface area contributed by atoms with E-state index in [-0.39, 0.29) is 5.01 Å². The minimum absolute atomic E-state index is 0.123. The molecule has 0 spiro atoms. The number of aromatic carboxylic acids is 1. The molecule has 1 aromatic heterocycles. The molecule has 2 aromatic rings. The van der Waals surface area contributed by atoms with Gasteiger partial charge >= 0.3 is 5.97 Å². The maximum absolute atomic E-state index is 10.7. The molecule has 0 atom stereocenters. The van der Waals surface area contributed by atoms with E-state index < -0.39 is 5.97 Å². The van der Waals surface area contributed by atoms with Crippen molar-refractivity contribution in [3.63, 3.8) is 0 Å². The third-order valence-corrected chi connectivity index (χ3v) is 3.48. The van der Waals surface area contributed by atoms with Crippen LogP contribution in [-0.2, 0) is 0 Å². The van der Waals surface area contributed by atoms with Gasteiger partial charge in [0.1, 0.15) is 0 Å². The molecule has 0 aliphatic rings. The van der Waals surface area contributed by atoms with E-state index in [1.54, 1.807) is 5.38 Å². The van der Waals surface area contributed by atoms with E-state index in [2.05, 4.69) is 20.9 Å². The lowest BCUT2D eigenvalue weighted by Gasteiger charge is -2.02. The average Bonchev–Trinajstić information content (AvgIpc) is 2.66. The zero-order valence-electron chi connectivity index (χ0n) is 8.40. The number of carboxylic acids is 1. The van der Waals surface area contributed by atoms with Crippen molar-refractivity contribution in [1.82, 2.24) is 4.98 Å². The Kier molecular flexibility index (Phi) is 3.07. The van der Waals surface area contributed by atoms with Gasteiger partial charge in [0.25, 0.3) is 0 Å². The summed E-state index contributed by atoms with van der Waals surface area (Å²) in [5.74, 6) is -0.981. The highest BCUT2D eigenvalue weighted by Gasteiger charge is 2.11. The van der Waals surface area contributed by atoms with E-state index in [1.807, 2.05) is 25.1 Å². The van der Waals surface area contributed by atoms with Crippen LogP contribution in [0.1, 0.15) is 15.4 Å². The second-order valence-electron chi connectivity index (χ2n) is 3.30. The summed E-state index contributed by atoms with van der Waals surface area (Å²) >= 11 is 4.53. The first-order chi connectivity index (χ1) is 7.58. The molecule has 0 fully saturated rings. The summed E-state index contributed by atoms with van der Waals surface area (Å²) in [5, 5.41) is 10.7. The Morgan fingerprint density at radius 1 is 1.50 bits per heavy atom. The molecular weight excluding hydrogens is 290 g/mol. The molecule has 3 nitrogen and oxygen atoms in total. The molecule has 0 unspecified atom stereocenters. The lowest BCUT2D eigenvalue weighted by atomic mass is 10.1. The molecule has 1 heterocycles. The number of thiazole rings is 1. The molecule has 5 heteroatoms. The van der Waals surface area contributed by atoms with Gasteiger partial charge in [0, 0.05) is 15.4 Å². The van der Waals surface area contributed by atoms with Gasteiger partial charge in [-0.1, -0.05) is 22.0 Å². The van der Waals surface area contributed by atoms with Crippen LogP contribution in [0.2, 0.25) is 0 Å². The van der Waals surface area contributed by atoms with Crippen molar-refractivity contribution in [2.45, 2.75) is 6.92 Å². The van der Waals surface area contributed by atoms with Crippen molar-refractivity contribution in [2.24, 2.45) is 0 Å². The van der Waals surface area contributed by atoms with Crippen molar-refractivity contribution in [3.8, 4) is 11.3 Å². The molecular formula is C11H8BrNO2S. The average molecular weight is 298 g/mol. The quantitative estimate of drug-likeness (QED) is 0.922. The molecule has 1 N–H and O–H groups in total. The van der Waals surface area contributed by atoms with Crippen LogP contribution in [0.5, 0.6) is 0 Å². The van der Waals surface area contributed by atoms with Crippen LogP contribution < -0.4 is 0 Å². The number of aromatic nitrogens is 1. The zero-order chi connectivity index (χ0) is 11.7. The minimum atomic E-state index is -0.981. The van der Waals surface area contributed by atoms with Gasteiger partial charge in [-0.3, -0.25) is 0 Å². The first-order valence-corrected chi connectivity index (χ1v) is 6.20. The number of carbonyl (C=O) groups is 1. The van der Waals surface area contributed by atoms with E-state index in [4.69, 9.17) is 5.11 Å². The SMILES string of the molecule is Cc1cc(Br)ccc1-c1csc(C(=O)O)n1. The molecule has 0 amide bonds. The largest absolute Gasteiger partial charge is 0.476 e. The fraction of sp³-hybridized carbons (Fsp3) is 0.0909. The fourth-order valence-electron chi connectivity index (χ4n) is 1.41.